The molecule has 0 aliphatic carbocycles. The molecule has 3 rings (SSSR count). The lowest BCUT2D eigenvalue weighted by molar-refractivity contribution is 0.0228. The van der Waals surface area contributed by atoms with Gasteiger partial charge in [-0.1, -0.05) is 24.3 Å². The lowest BCUT2D eigenvalue weighted by Crippen LogP contribution is -2.37. The van der Waals surface area contributed by atoms with E-state index in [2.05, 4.69) is 0 Å². The second-order valence-electron chi connectivity index (χ2n) is 9.10. The van der Waals surface area contributed by atoms with Crippen molar-refractivity contribution in [1.82, 2.24) is 4.90 Å². The Morgan fingerprint density at radius 3 is 2.50 bits per heavy atom. The van der Waals surface area contributed by atoms with Crippen LogP contribution >= 0.6 is 0 Å². The molecule has 1 aliphatic heterocycles. The van der Waals surface area contributed by atoms with E-state index in [-0.39, 0.29) is 32.7 Å². The molecule has 9 heteroatoms. The van der Waals surface area contributed by atoms with Crippen LogP contribution in [0.4, 0.5) is 24.1 Å². The summed E-state index contributed by atoms with van der Waals surface area (Å²) in [6.07, 6.45) is -1.57. The minimum absolute atomic E-state index is 0.152. The Labute approximate surface area is 197 Å². The molecule has 2 amide bonds. The van der Waals surface area contributed by atoms with Crippen LogP contribution in [0.25, 0.3) is 11.1 Å². The lowest BCUT2D eigenvalue weighted by atomic mass is 10.0. The fourth-order valence-corrected chi connectivity index (χ4v) is 3.56. The molecule has 7 nitrogen and oxygen atoms in total. The normalized spacial score (nSPS) is 15.9. The fourth-order valence-electron chi connectivity index (χ4n) is 3.56. The fraction of sp³-hybridized carbons (Fsp3) is 0.440. The molecule has 0 spiro atoms. The van der Waals surface area contributed by atoms with Gasteiger partial charge in [0.2, 0.25) is 0 Å². The van der Waals surface area contributed by atoms with E-state index in [0.29, 0.717) is 16.8 Å². The highest BCUT2D eigenvalue weighted by molar-refractivity contribution is 5.90. The molecule has 1 aliphatic rings. The first-order chi connectivity index (χ1) is 16.1. The van der Waals surface area contributed by atoms with E-state index in [1.165, 1.54) is 15.9 Å². The maximum atomic E-state index is 14.9. The van der Waals surface area contributed by atoms with Crippen molar-refractivity contribution in [3.05, 3.63) is 53.8 Å². The Hall–Kier alpha value is -3.20. The molecular weight excluding hydrogens is 446 g/mol. The number of aliphatic hydroxyl groups excluding tert-OH is 1. The molecule has 1 fully saturated rings. The molecule has 0 unspecified atom stereocenters. The summed E-state index contributed by atoms with van der Waals surface area (Å²) in [5.41, 5.74) is 1.45. The molecule has 2 aromatic rings. The number of rotatable bonds is 8. The number of benzene rings is 2. The van der Waals surface area contributed by atoms with Gasteiger partial charge < -0.3 is 19.5 Å². The van der Waals surface area contributed by atoms with Crippen LogP contribution in [-0.2, 0) is 16.0 Å². The van der Waals surface area contributed by atoms with Crippen LogP contribution in [0.2, 0.25) is 0 Å². The Morgan fingerprint density at radius 2 is 1.94 bits per heavy atom. The van der Waals surface area contributed by atoms with Gasteiger partial charge in [-0.25, -0.2) is 14.0 Å². The molecule has 34 heavy (non-hydrogen) atoms. The minimum Gasteiger partial charge on any atom is -0.444 e. The largest absolute Gasteiger partial charge is 0.444 e. The molecule has 0 saturated carbocycles. The molecule has 184 valence electrons. The molecule has 1 atom stereocenters. The summed E-state index contributed by atoms with van der Waals surface area (Å²) in [7, 11) is 0. The van der Waals surface area contributed by atoms with Gasteiger partial charge in [-0.3, -0.25) is 9.29 Å². The summed E-state index contributed by atoms with van der Waals surface area (Å²) >= 11 is 0. The Balaban J connectivity index is 1.73. The standard InChI is InChI=1S/C25H30F2N2O5/c1-25(2,3)34-23(31)28(12-4-11-26)14-17-5-7-18(8-6-17)21-10-9-19(13-22(21)27)29-15-20(16-30)33-24(29)32/h5-10,13,20,30H,4,11-12,14-16H2,1-3H3/t20-/m1/s1. The summed E-state index contributed by atoms with van der Waals surface area (Å²) in [6, 6.07) is 11.5. The van der Waals surface area contributed by atoms with E-state index in [0.717, 1.165) is 5.56 Å². The smallest absolute Gasteiger partial charge is 0.414 e. The predicted octanol–water partition coefficient (Wildman–Crippen LogP) is 4.91. The molecule has 1 saturated heterocycles. The number of carbonyl (C=O) groups is 2. The maximum absolute atomic E-state index is 14.9. The van der Waals surface area contributed by atoms with Gasteiger partial charge in [0.25, 0.3) is 0 Å². The molecule has 2 aromatic carbocycles. The van der Waals surface area contributed by atoms with Crippen LogP contribution in [-0.4, -0.2) is 60.3 Å². The highest BCUT2D eigenvalue weighted by Crippen LogP contribution is 2.29. The molecule has 1 N–H and O–H groups in total. The molecule has 0 aromatic heterocycles. The minimum atomic E-state index is -0.663. The topological polar surface area (TPSA) is 79.3 Å². The average molecular weight is 477 g/mol. The number of nitrogens with zero attached hydrogens (tertiary/aromatic N) is 2. The zero-order chi connectivity index (χ0) is 24.9. The number of anilines is 1. The van der Waals surface area contributed by atoms with Crippen molar-refractivity contribution in [3.63, 3.8) is 0 Å². The van der Waals surface area contributed by atoms with Gasteiger partial charge in [0.05, 0.1) is 25.5 Å². The Kier molecular flexibility index (Phi) is 8.09. The van der Waals surface area contributed by atoms with E-state index in [1.54, 1.807) is 57.2 Å². The van der Waals surface area contributed by atoms with Gasteiger partial charge in [0, 0.05) is 18.7 Å². The monoisotopic (exact) mass is 476 g/mol. The summed E-state index contributed by atoms with van der Waals surface area (Å²) in [5, 5.41) is 9.17. The van der Waals surface area contributed by atoms with E-state index in [1.807, 2.05) is 0 Å². The van der Waals surface area contributed by atoms with Gasteiger partial charge in [-0.15, -0.1) is 0 Å². The second-order valence-corrected chi connectivity index (χ2v) is 9.10. The maximum Gasteiger partial charge on any atom is 0.414 e. The van der Waals surface area contributed by atoms with Crippen molar-refractivity contribution in [1.29, 1.82) is 0 Å². The first kappa shape index (κ1) is 25.4. The molecule has 0 radical (unpaired) electrons. The third-order valence-corrected chi connectivity index (χ3v) is 5.19. The Bertz CT molecular complexity index is 1010. The average Bonchev–Trinajstić information content (AvgIpc) is 3.16. The number of ether oxygens (including phenoxy) is 2. The van der Waals surface area contributed by atoms with E-state index >= 15 is 0 Å². The molecule has 0 bridgehead atoms. The number of amides is 2. The zero-order valence-corrected chi connectivity index (χ0v) is 19.6. The first-order valence-electron chi connectivity index (χ1n) is 11.1. The van der Waals surface area contributed by atoms with E-state index in [4.69, 9.17) is 9.47 Å². The zero-order valence-electron chi connectivity index (χ0n) is 19.6. The van der Waals surface area contributed by atoms with Crippen molar-refractivity contribution in [2.75, 3.05) is 31.3 Å². The van der Waals surface area contributed by atoms with Crippen LogP contribution < -0.4 is 4.90 Å². The SMILES string of the molecule is CC(C)(C)OC(=O)N(CCCF)Cc1ccc(-c2ccc(N3C[C@H](CO)OC3=O)cc2F)cc1. The summed E-state index contributed by atoms with van der Waals surface area (Å²) in [4.78, 5) is 27.2. The van der Waals surface area contributed by atoms with Crippen molar-refractivity contribution in [3.8, 4) is 11.1 Å². The van der Waals surface area contributed by atoms with Crippen molar-refractivity contribution >= 4 is 17.9 Å². The highest BCUT2D eigenvalue weighted by Gasteiger charge is 2.32. The Morgan fingerprint density at radius 1 is 1.24 bits per heavy atom. The number of hydrogen-bond donors (Lipinski definition) is 1. The number of alkyl halides is 1. The van der Waals surface area contributed by atoms with Crippen LogP contribution in [0, 0.1) is 5.82 Å². The highest BCUT2D eigenvalue weighted by atomic mass is 19.1. The van der Waals surface area contributed by atoms with Gasteiger partial charge in [-0.2, -0.15) is 0 Å². The lowest BCUT2D eigenvalue weighted by Gasteiger charge is -2.27. The molecular formula is C25H30F2N2O5. The van der Waals surface area contributed by atoms with Gasteiger partial charge >= 0.3 is 12.2 Å². The van der Waals surface area contributed by atoms with E-state index < -0.39 is 36.4 Å². The van der Waals surface area contributed by atoms with Gasteiger partial charge in [-0.05, 0) is 56.5 Å². The second kappa shape index (κ2) is 10.8. The third-order valence-electron chi connectivity index (χ3n) is 5.19. The number of carbonyl (C=O) groups excluding carboxylic acids is 2. The van der Waals surface area contributed by atoms with Crippen LogP contribution in [0.1, 0.15) is 32.8 Å². The molecule has 1 heterocycles. The quantitative estimate of drug-likeness (QED) is 0.586. The van der Waals surface area contributed by atoms with Crippen LogP contribution in [0.3, 0.4) is 0 Å². The summed E-state index contributed by atoms with van der Waals surface area (Å²) < 4.78 is 38.0. The number of cyclic esters (lactones) is 1. The summed E-state index contributed by atoms with van der Waals surface area (Å²) in [6.45, 7) is 5.08. The summed E-state index contributed by atoms with van der Waals surface area (Å²) in [5.74, 6) is -0.510. The van der Waals surface area contributed by atoms with Gasteiger partial charge in [0.1, 0.15) is 17.5 Å². The van der Waals surface area contributed by atoms with Crippen molar-refractivity contribution < 1.29 is 33.0 Å². The van der Waals surface area contributed by atoms with Gasteiger partial charge in [0.15, 0.2) is 0 Å². The van der Waals surface area contributed by atoms with Crippen LogP contribution in [0.15, 0.2) is 42.5 Å². The number of hydrogen-bond acceptors (Lipinski definition) is 5. The third kappa shape index (κ3) is 6.44. The van der Waals surface area contributed by atoms with Crippen LogP contribution in [0.5, 0.6) is 0 Å². The van der Waals surface area contributed by atoms with Crippen molar-refractivity contribution in [2.24, 2.45) is 0 Å². The number of aliphatic hydroxyl groups is 1. The first-order valence-corrected chi connectivity index (χ1v) is 11.1. The number of halogens is 2. The van der Waals surface area contributed by atoms with Crippen molar-refractivity contribution in [2.45, 2.75) is 45.4 Å². The predicted molar refractivity (Wildman–Crippen MR) is 124 cm³/mol. The van der Waals surface area contributed by atoms with E-state index in [9.17, 15) is 23.5 Å².